The van der Waals surface area contributed by atoms with Crippen molar-refractivity contribution >= 4 is 5.97 Å². The largest absolute Gasteiger partial charge is 0.481 e. The van der Waals surface area contributed by atoms with E-state index in [4.69, 9.17) is 10.8 Å². The number of nitrogens with two attached hydrogens (primary N) is 1. The van der Waals surface area contributed by atoms with Gasteiger partial charge in [0.25, 0.3) is 0 Å². The molecule has 0 aliphatic heterocycles. The van der Waals surface area contributed by atoms with Crippen molar-refractivity contribution in [1.29, 1.82) is 0 Å². The fourth-order valence-electron chi connectivity index (χ4n) is 2.07. The predicted molar refractivity (Wildman–Crippen MR) is 73.3 cm³/mol. The zero-order valence-electron chi connectivity index (χ0n) is 11.5. The first-order chi connectivity index (χ1) is 8.91. The summed E-state index contributed by atoms with van der Waals surface area (Å²) in [6.07, 6.45) is 2.10. The Hall–Kier alpha value is -1.42. The van der Waals surface area contributed by atoms with Crippen LogP contribution >= 0.6 is 0 Å². The lowest BCUT2D eigenvalue weighted by Crippen LogP contribution is -2.35. The van der Waals surface area contributed by atoms with Crippen LogP contribution in [0.3, 0.4) is 0 Å². The summed E-state index contributed by atoms with van der Waals surface area (Å²) >= 11 is 0. The first-order valence-electron chi connectivity index (χ1n) is 6.63. The highest BCUT2D eigenvalue weighted by molar-refractivity contribution is 5.70. The summed E-state index contributed by atoms with van der Waals surface area (Å²) in [6, 6.07) is 6.38. The van der Waals surface area contributed by atoms with Gasteiger partial charge in [-0.2, -0.15) is 0 Å². The highest BCUT2D eigenvalue weighted by Crippen LogP contribution is 2.18. The van der Waals surface area contributed by atoms with E-state index < -0.39 is 11.9 Å². The van der Waals surface area contributed by atoms with Gasteiger partial charge in [0.2, 0.25) is 0 Å². The summed E-state index contributed by atoms with van der Waals surface area (Å²) < 4.78 is 13.4. The molecule has 0 bridgehead atoms. The van der Waals surface area contributed by atoms with Gasteiger partial charge in [-0.1, -0.05) is 32.0 Å². The van der Waals surface area contributed by atoms with Gasteiger partial charge in [-0.15, -0.1) is 0 Å². The molecule has 0 aromatic heterocycles. The van der Waals surface area contributed by atoms with Crippen LogP contribution in [-0.4, -0.2) is 17.1 Å². The number of rotatable bonds is 7. The standard InChI is InChI=1S/C15H22FNO2/c1-10(9-14(17)11(2)15(18)19)7-8-12-5-3-4-6-13(12)16/h3-6,10-11,14H,7-9,17H2,1-2H3,(H,18,19)/t10-,11?,14+/m1/s1. The maximum Gasteiger partial charge on any atom is 0.307 e. The molecule has 3 atom stereocenters. The first kappa shape index (κ1) is 15.6. The lowest BCUT2D eigenvalue weighted by molar-refractivity contribution is -0.141. The molecule has 1 unspecified atom stereocenters. The molecular weight excluding hydrogens is 245 g/mol. The maximum absolute atomic E-state index is 13.4. The van der Waals surface area contributed by atoms with Gasteiger partial charge >= 0.3 is 5.97 Å². The van der Waals surface area contributed by atoms with E-state index >= 15 is 0 Å². The minimum Gasteiger partial charge on any atom is -0.481 e. The average Bonchev–Trinajstić information content (AvgIpc) is 2.36. The molecule has 1 aromatic rings. The number of hydrogen-bond donors (Lipinski definition) is 2. The van der Waals surface area contributed by atoms with Crippen LogP contribution in [0.2, 0.25) is 0 Å². The van der Waals surface area contributed by atoms with E-state index in [0.29, 0.717) is 18.4 Å². The fourth-order valence-corrected chi connectivity index (χ4v) is 2.07. The summed E-state index contributed by atoms with van der Waals surface area (Å²) in [4.78, 5) is 10.8. The van der Waals surface area contributed by atoms with Gasteiger partial charge in [-0.25, -0.2) is 4.39 Å². The monoisotopic (exact) mass is 267 g/mol. The first-order valence-corrected chi connectivity index (χ1v) is 6.63. The van der Waals surface area contributed by atoms with E-state index in [2.05, 4.69) is 0 Å². The Balaban J connectivity index is 2.42. The molecule has 1 aromatic carbocycles. The Labute approximate surface area is 113 Å². The van der Waals surface area contributed by atoms with Crippen molar-refractivity contribution in [3.05, 3.63) is 35.6 Å². The van der Waals surface area contributed by atoms with Gasteiger partial charge in [-0.3, -0.25) is 4.79 Å². The predicted octanol–water partition coefficient (Wildman–Crippen LogP) is 2.83. The van der Waals surface area contributed by atoms with Crippen LogP contribution in [0.5, 0.6) is 0 Å². The van der Waals surface area contributed by atoms with Crippen LogP contribution in [0.15, 0.2) is 24.3 Å². The highest BCUT2D eigenvalue weighted by atomic mass is 19.1. The van der Waals surface area contributed by atoms with Gasteiger partial charge in [0.1, 0.15) is 5.82 Å². The number of carbonyl (C=O) groups is 1. The molecule has 0 spiro atoms. The summed E-state index contributed by atoms with van der Waals surface area (Å²) in [5.74, 6) is -1.32. The second kappa shape index (κ2) is 7.24. The number of hydrogen-bond acceptors (Lipinski definition) is 2. The Kier molecular flexibility index (Phi) is 5.96. The molecule has 0 aliphatic rings. The second-order valence-corrected chi connectivity index (χ2v) is 5.26. The van der Waals surface area contributed by atoms with E-state index in [0.717, 1.165) is 6.42 Å². The molecule has 4 heteroatoms. The van der Waals surface area contributed by atoms with Gasteiger partial charge in [0, 0.05) is 6.04 Å². The van der Waals surface area contributed by atoms with Gasteiger partial charge < -0.3 is 10.8 Å². The van der Waals surface area contributed by atoms with E-state index in [-0.39, 0.29) is 17.8 Å². The van der Waals surface area contributed by atoms with E-state index in [1.54, 1.807) is 19.1 Å². The lowest BCUT2D eigenvalue weighted by atomic mass is 9.89. The van der Waals surface area contributed by atoms with E-state index in [9.17, 15) is 9.18 Å². The normalized spacial score (nSPS) is 15.8. The second-order valence-electron chi connectivity index (χ2n) is 5.26. The Bertz CT molecular complexity index is 422. The minimum absolute atomic E-state index is 0.182. The SMILES string of the molecule is CC(C(=O)O)[C@@H](N)C[C@H](C)CCc1ccccc1F. The number of aliphatic carboxylic acids is 1. The third kappa shape index (κ3) is 4.99. The molecular formula is C15H22FNO2. The molecule has 106 valence electrons. The van der Waals surface area contributed by atoms with Crippen molar-refractivity contribution in [2.24, 2.45) is 17.6 Å². The molecule has 0 fully saturated rings. The van der Waals surface area contributed by atoms with Crippen molar-refractivity contribution < 1.29 is 14.3 Å². The number of carboxylic acid groups (broad SMARTS) is 1. The summed E-state index contributed by atoms with van der Waals surface area (Å²) in [5.41, 5.74) is 6.57. The van der Waals surface area contributed by atoms with Crippen molar-refractivity contribution in [1.82, 2.24) is 0 Å². The van der Waals surface area contributed by atoms with Gasteiger partial charge in [-0.05, 0) is 36.8 Å². The van der Waals surface area contributed by atoms with Crippen LogP contribution in [0.4, 0.5) is 4.39 Å². The molecule has 0 aliphatic carbocycles. The fraction of sp³-hybridized carbons (Fsp3) is 0.533. The van der Waals surface area contributed by atoms with E-state index in [1.807, 2.05) is 13.0 Å². The van der Waals surface area contributed by atoms with Crippen LogP contribution in [0.25, 0.3) is 0 Å². The highest BCUT2D eigenvalue weighted by Gasteiger charge is 2.21. The minimum atomic E-state index is -0.867. The molecule has 0 heterocycles. The van der Waals surface area contributed by atoms with Crippen molar-refractivity contribution in [2.45, 2.75) is 39.2 Å². The summed E-state index contributed by atoms with van der Waals surface area (Å²) in [5, 5.41) is 8.88. The number of aryl methyl sites for hydroxylation is 1. The number of benzene rings is 1. The molecule has 0 radical (unpaired) electrons. The van der Waals surface area contributed by atoms with Gasteiger partial charge in [0.15, 0.2) is 0 Å². The smallest absolute Gasteiger partial charge is 0.307 e. The van der Waals surface area contributed by atoms with Crippen molar-refractivity contribution in [2.75, 3.05) is 0 Å². The van der Waals surface area contributed by atoms with Crippen LogP contribution in [0, 0.1) is 17.7 Å². The Morgan fingerprint density at radius 2 is 2.00 bits per heavy atom. The van der Waals surface area contributed by atoms with Crippen LogP contribution in [-0.2, 0) is 11.2 Å². The van der Waals surface area contributed by atoms with Gasteiger partial charge in [0.05, 0.1) is 5.92 Å². The zero-order chi connectivity index (χ0) is 14.4. The molecule has 0 amide bonds. The third-order valence-corrected chi connectivity index (χ3v) is 3.57. The van der Waals surface area contributed by atoms with Crippen molar-refractivity contribution in [3.63, 3.8) is 0 Å². The summed E-state index contributed by atoms with van der Waals surface area (Å²) in [7, 11) is 0. The quantitative estimate of drug-likeness (QED) is 0.798. The Morgan fingerprint density at radius 3 is 2.58 bits per heavy atom. The number of carboxylic acids is 1. The van der Waals surface area contributed by atoms with Crippen molar-refractivity contribution in [3.8, 4) is 0 Å². The Morgan fingerprint density at radius 1 is 1.37 bits per heavy atom. The molecule has 3 N–H and O–H groups in total. The molecule has 0 saturated carbocycles. The molecule has 19 heavy (non-hydrogen) atoms. The van der Waals surface area contributed by atoms with Crippen LogP contribution in [0.1, 0.15) is 32.3 Å². The molecule has 3 nitrogen and oxygen atoms in total. The average molecular weight is 267 g/mol. The number of halogens is 1. The maximum atomic E-state index is 13.4. The van der Waals surface area contributed by atoms with E-state index in [1.165, 1.54) is 6.07 Å². The lowest BCUT2D eigenvalue weighted by Gasteiger charge is -2.20. The van der Waals surface area contributed by atoms with Crippen LogP contribution < -0.4 is 5.73 Å². The third-order valence-electron chi connectivity index (χ3n) is 3.57. The summed E-state index contributed by atoms with van der Waals surface area (Å²) in [6.45, 7) is 3.64. The topological polar surface area (TPSA) is 63.3 Å². The zero-order valence-corrected chi connectivity index (χ0v) is 11.5. The molecule has 0 saturated heterocycles. The molecule has 1 rings (SSSR count).